The van der Waals surface area contributed by atoms with Crippen LogP contribution >= 0.6 is 0 Å². The molecule has 0 aliphatic heterocycles. The predicted octanol–water partition coefficient (Wildman–Crippen LogP) is 1.33. The molecule has 0 amide bonds. The van der Waals surface area contributed by atoms with Gasteiger partial charge in [0.1, 0.15) is 0 Å². The van der Waals surface area contributed by atoms with Crippen molar-refractivity contribution in [1.29, 1.82) is 5.41 Å². The summed E-state index contributed by atoms with van der Waals surface area (Å²) in [5.74, 6) is -0.349. The molecule has 3 heteroatoms. The summed E-state index contributed by atoms with van der Waals surface area (Å²) in [7, 11) is 0. The third-order valence-corrected chi connectivity index (χ3v) is 0.721. The number of esters is 1. The van der Waals surface area contributed by atoms with E-state index >= 15 is 0 Å². The molecule has 0 saturated heterocycles. The fourth-order valence-electron chi connectivity index (χ4n) is 0.426. The second-order valence-electron chi connectivity index (χ2n) is 1.78. The van der Waals surface area contributed by atoms with Gasteiger partial charge in [-0.05, 0) is 6.42 Å². The third kappa shape index (κ3) is 5.00. The van der Waals surface area contributed by atoms with Crippen LogP contribution in [-0.4, -0.2) is 11.9 Å². The molecule has 0 bridgehead atoms. The van der Waals surface area contributed by atoms with E-state index in [4.69, 9.17) is 5.41 Å². The number of ether oxygens (including phenoxy) is 1. The van der Waals surface area contributed by atoms with Crippen molar-refractivity contribution in [2.24, 2.45) is 0 Å². The van der Waals surface area contributed by atoms with Gasteiger partial charge in [0.25, 0.3) is 0 Å². The zero-order chi connectivity index (χ0) is 7.28. The predicted molar refractivity (Wildman–Crippen MR) is 34.4 cm³/mol. The monoisotopic (exact) mass is 129 g/mol. The Kier molecular flexibility index (Phi) is 3.67. The first-order valence-electron chi connectivity index (χ1n) is 2.92. The third-order valence-electron chi connectivity index (χ3n) is 0.721. The van der Waals surface area contributed by atoms with E-state index in [1.807, 2.05) is 6.92 Å². The molecule has 0 fully saturated rings. The van der Waals surface area contributed by atoms with Crippen LogP contribution in [0, 0.1) is 5.41 Å². The minimum Gasteiger partial charge on any atom is -0.412 e. The minimum absolute atomic E-state index is 0.0338. The van der Waals surface area contributed by atoms with Crippen molar-refractivity contribution in [1.82, 2.24) is 0 Å². The summed E-state index contributed by atoms with van der Waals surface area (Å²) in [6.07, 6.45) is 1.17. The number of rotatable bonds is 2. The van der Waals surface area contributed by atoms with Crippen molar-refractivity contribution < 1.29 is 9.53 Å². The Labute approximate surface area is 54.5 Å². The zero-order valence-corrected chi connectivity index (χ0v) is 5.73. The van der Waals surface area contributed by atoms with E-state index in [2.05, 4.69) is 4.74 Å². The van der Waals surface area contributed by atoms with Crippen LogP contribution in [0.25, 0.3) is 0 Å². The van der Waals surface area contributed by atoms with E-state index in [0.29, 0.717) is 6.42 Å². The van der Waals surface area contributed by atoms with Crippen molar-refractivity contribution in [3.05, 3.63) is 0 Å². The van der Waals surface area contributed by atoms with Gasteiger partial charge in [-0.3, -0.25) is 10.2 Å². The van der Waals surface area contributed by atoms with Crippen LogP contribution in [0.15, 0.2) is 0 Å². The quantitative estimate of drug-likeness (QED) is 0.347. The van der Waals surface area contributed by atoms with Gasteiger partial charge in [-0.1, -0.05) is 6.92 Å². The van der Waals surface area contributed by atoms with Gasteiger partial charge in [-0.25, -0.2) is 0 Å². The Morgan fingerprint density at radius 1 is 1.67 bits per heavy atom. The summed E-state index contributed by atoms with van der Waals surface area (Å²) in [5.41, 5.74) is 0. The Hall–Kier alpha value is -0.860. The molecule has 0 unspecified atom stereocenters. The molecule has 0 saturated carbocycles. The van der Waals surface area contributed by atoms with Crippen molar-refractivity contribution in [2.45, 2.75) is 26.7 Å². The highest BCUT2D eigenvalue weighted by molar-refractivity contribution is 5.85. The molecule has 3 nitrogen and oxygen atoms in total. The normalized spacial score (nSPS) is 8.67. The van der Waals surface area contributed by atoms with E-state index in [1.54, 1.807) is 0 Å². The SMILES string of the molecule is CCCC(=O)OC(C)=N. The number of nitrogens with one attached hydrogen (secondary N) is 1. The molecule has 0 aromatic rings. The van der Waals surface area contributed by atoms with Crippen molar-refractivity contribution in [3.8, 4) is 0 Å². The van der Waals surface area contributed by atoms with E-state index in [-0.39, 0.29) is 11.9 Å². The summed E-state index contributed by atoms with van der Waals surface area (Å²) in [4.78, 5) is 10.5. The maximum absolute atomic E-state index is 10.5. The van der Waals surface area contributed by atoms with Gasteiger partial charge in [0.15, 0.2) is 5.90 Å². The Morgan fingerprint density at radius 2 is 2.22 bits per heavy atom. The molecule has 9 heavy (non-hydrogen) atoms. The highest BCUT2D eigenvalue weighted by Crippen LogP contribution is 1.90. The molecule has 1 N–H and O–H groups in total. The Bertz CT molecular complexity index is 120. The fourth-order valence-corrected chi connectivity index (χ4v) is 0.426. The Balaban J connectivity index is 3.39. The molecule has 0 radical (unpaired) electrons. The summed E-state index contributed by atoms with van der Waals surface area (Å²) in [6.45, 7) is 3.33. The van der Waals surface area contributed by atoms with Crippen molar-refractivity contribution >= 4 is 11.9 Å². The van der Waals surface area contributed by atoms with E-state index < -0.39 is 0 Å². The second-order valence-corrected chi connectivity index (χ2v) is 1.78. The van der Waals surface area contributed by atoms with E-state index in [0.717, 1.165) is 6.42 Å². The number of carbonyl (C=O) groups is 1. The molecule has 0 spiro atoms. The molecular formula is C6H11NO2. The molecule has 0 atom stereocenters. The average Bonchev–Trinajstić information content (AvgIpc) is 1.63. The van der Waals surface area contributed by atoms with Crippen LogP contribution in [0.4, 0.5) is 0 Å². The number of hydrogen-bond acceptors (Lipinski definition) is 3. The lowest BCUT2D eigenvalue weighted by atomic mass is 10.3. The van der Waals surface area contributed by atoms with Gasteiger partial charge in [-0.2, -0.15) is 0 Å². The smallest absolute Gasteiger partial charge is 0.312 e. The van der Waals surface area contributed by atoms with Crippen molar-refractivity contribution in [3.63, 3.8) is 0 Å². The maximum Gasteiger partial charge on any atom is 0.312 e. The standard InChI is InChI=1S/C6H11NO2/c1-3-4-6(8)9-5(2)7/h7H,3-4H2,1-2H3. The highest BCUT2D eigenvalue weighted by Gasteiger charge is 1.99. The van der Waals surface area contributed by atoms with Gasteiger partial charge in [0.05, 0.1) is 0 Å². The maximum atomic E-state index is 10.5. The van der Waals surface area contributed by atoms with Gasteiger partial charge < -0.3 is 4.74 Å². The fraction of sp³-hybridized carbons (Fsp3) is 0.667. The lowest BCUT2D eigenvalue weighted by Gasteiger charge is -1.97. The summed E-state index contributed by atoms with van der Waals surface area (Å²) < 4.78 is 4.43. The largest absolute Gasteiger partial charge is 0.412 e. The molecule has 0 aromatic carbocycles. The van der Waals surface area contributed by atoms with E-state index in [1.165, 1.54) is 6.92 Å². The molecular weight excluding hydrogens is 118 g/mol. The first kappa shape index (κ1) is 8.14. The first-order valence-corrected chi connectivity index (χ1v) is 2.92. The molecule has 52 valence electrons. The molecule has 0 aliphatic carbocycles. The van der Waals surface area contributed by atoms with E-state index in [9.17, 15) is 4.79 Å². The minimum atomic E-state index is -0.315. The van der Waals surface area contributed by atoms with Gasteiger partial charge in [0, 0.05) is 13.3 Å². The average molecular weight is 129 g/mol. The van der Waals surface area contributed by atoms with Crippen LogP contribution in [0.2, 0.25) is 0 Å². The van der Waals surface area contributed by atoms with Crippen LogP contribution in [-0.2, 0) is 9.53 Å². The Morgan fingerprint density at radius 3 is 2.56 bits per heavy atom. The highest BCUT2D eigenvalue weighted by atomic mass is 16.5. The van der Waals surface area contributed by atoms with Crippen LogP contribution in [0.3, 0.4) is 0 Å². The van der Waals surface area contributed by atoms with Crippen LogP contribution in [0.5, 0.6) is 0 Å². The van der Waals surface area contributed by atoms with Crippen LogP contribution in [0.1, 0.15) is 26.7 Å². The van der Waals surface area contributed by atoms with Gasteiger partial charge >= 0.3 is 5.97 Å². The van der Waals surface area contributed by atoms with Crippen molar-refractivity contribution in [2.75, 3.05) is 0 Å². The van der Waals surface area contributed by atoms with Gasteiger partial charge in [0.2, 0.25) is 0 Å². The lowest BCUT2D eigenvalue weighted by molar-refractivity contribution is -0.135. The first-order chi connectivity index (χ1) is 4.16. The molecule has 0 aliphatic rings. The number of hydrogen-bond donors (Lipinski definition) is 1. The molecule has 0 aromatic heterocycles. The lowest BCUT2D eigenvalue weighted by Crippen LogP contribution is -2.06. The topological polar surface area (TPSA) is 50.2 Å². The summed E-state index contributed by atoms with van der Waals surface area (Å²) in [6, 6.07) is 0. The summed E-state index contributed by atoms with van der Waals surface area (Å²) in [5, 5.41) is 6.76. The molecule has 0 rings (SSSR count). The second kappa shape index (κ2) is 4.06. The summed E-state index contributed by atoms with van der Waals surface area (Å²) >= 11 is 0. The van der Waals surface area contributed by atoms with Gasteiger partial charge in [-0.15, -0.1) is 0 Å². The van der Waals surface area contributed by atoms with Crippen LogP contribution < -0.4 is 0 Å². The zero-order valence-electron chi connectivity index (χ0n) is 5.73. The molecule has 0 heterocycles. The number of carbonyl (C=O) groups excluding carboxylic acids is 1.